The minimum atomic E-state index is -3.40. The molecule has 0 N–H and O–H groups in total. The largest absolute Gasteiger partial charge is 0.377 e. The fraction of sp³-hybridized carbons (Fsp3) is 0.286. The van der Waals surface area contributed by atoms with Crippen LogP contribution in [0.15, 0.2) is 41.3 Å². The predicted molar refractivity (Wildman–Crippen MR) is 83.9 cm³/mol. The first-order chi connectivity index (χ1) is 8.85. The maximum Gasteiger partial charge on any atom is 0.190 e. The van der Waals surface area contributed by atoms with E-state index in [4.69, 9.17) is 0 Å². The number of nitrogens with zero attached hydrogens (tertiary/aromatic N) is 1. The lowest BCUT2D eigenvalue weighted by molar-refractivity contribution is 0.596. The number of thiol groups is 1. The molecule has 0 saturated carbocycles. The van der Waals surface area contributed by atoms with Crippen molar-refractivity contribution in [2.45, 2.75) is 16.4 Å². The lowest BCUT2D eigenvalue weighted by Crippen LogP contribution is -2.13. The van der Waals surface area contributed by atoms with Crippen LogP contribution in [0.25, 0.3) is 10.8 Å². The molecule has 0 radical (unpaired) electrons. The maximum absolute atomic E-state index is 12.3. The Bertz CT molecular complexity index is 706. The monoisotopic (exact) mass is 295 g/mol. The van der Waals surface area contributed by atoms with Crippen molar-refractivity contribution in [1.82, 2.24) is 0 Å². The normalized spacial score (nSPS) is 13.5. The number of benzene rings is 2. The number of hydrogen-bond donors (Lipinski definition) is 1. The zero-order chi connectivity index (χ0) is 14.2. The summed E-state index contributed by atoms with van der Waals surface area (Å²) in [6.45, 7) is 1.58. The Morgan fingerprint density at radius 3 is 2.21 bits per heavy atom. The molecule has 102 valence electrons. The van der Waals surface area contributed by atoms with E-state index < -0.39 is 14.4 Å². The molecule has 0 bridgehead atoms. The van der Waals surface area contributed by atoms with Crippen LogP contribution in [0.3, 0.4) is 0 Å². The van der Waals surface area contributed by atoms with Crippen molar-refractivity contribution in [3.05, 3.63) is 36.4 Å². The summed E-state index contributed by atoms with van der Waals surface area (Å²) in [4.78, 5) is 2.32. The second-order valence-electron chi connectivity index (χ2n) is 4.67. The molecule has 0 amide bonds. The first-order valence-corrected chi connectivity index (χ1v) is 8.03. The fourth-order valence-corrected chi connectivity index (χ4v) is 3.55. The summed E-state index contributed by atoms with van der Waals surface area (Å²) >= 11 is 4.08. The topological polar surface area (TPSA) is 37.4 Å². The van der Waals surface area contributed by atoms with Gasteiger partial charge in [-0.05, 0) is 19.1 Å². The van der Waals surface area contributed by atoms with Gasteiger partial charge < -0.3 is 4.90 Å². The van der Waals surface area contributed by atoms with Crippen LogP contribution in [0.2, 0.25) is 0 Å². The van der Waals surface area contributed by atoms with E-state index in [1.807, 2.05) is 43.3 Å². The number of fused-ring (bicyclic) bond motifs is 1. The van der Waals surface area contributed by atoms with Crippen molar-refractivity contribution in [2.75, 3.05) is 19.0 Å². The molecule has 0 aliphatic heterocycles. The lowest BCUT2D eigenvalue weighted by atomic mass is 10.1. The molecular weight excluding hydrogens is 278 g/mol. The summed E-state index contributed by atoms with van der Waals surface area (Å²) in [5.41, 5.74) is 1.00. The molecule has 2 aromatic carbocycles. The van der Waals surface area contributed by atoms with Crippen molar-refractivity contribution < 1.29 is 8.42 Å². The number of hydrogen-bond acceptors (Lipinski definition) is 4. The highest BCUT2D eigenvalue weighted by molar-refractivity contribution is 8.05. The zero-order valence-corrected chi connectivity index (χ0v) is 12.9. The van der Waals surface area contributed by atoms with Gasteiger partial charge in [0.05, 0.1) is 4.90 Å². The van der Waals surface area contributed by atoms with Crippen LogP contribution < -0.4 is 4.90 Å². The van der Waals surface area contributed by atoms with Crippen LogP contribution in [0.4, 0.5) is 5.69 Å². The minimum absolute atomic E-state index is 0.344. The van der Waals surface area contributed by atoms with E-state index >= 15 is 0 Å². The van der Waals surface area contributed by atoms with Gasteiger partial charge in [-0.1, -0.05) is 24.3 Å². The van der Waals surface area contributed by atoms with Crippen LogP contribution in [0.5, 0.6) is 0 Å². The third-order valence-electron chi connectivity index (χ3n) is 3.10. The summed E-state index contributed by atoms with van der Waals surface area (Å²) in [7, 11) is 0.483. The molecule has 0 aromatic heterocycles. The van der Waals surface area contributed by atoms with Gasteiger partial charge in [0.1, 0.15) is 4.58 Å². The van der Waals surface area contributed by atoms with E-state index in [-0.39, 0.29) is 0 Å². The van der Waals surface area contributed by atoms with Crippen molar-refractivity contribution >= 4 is 38.9 Å². The molecular formula is C14H17NO2S2. The van der Waals surface area contributed by atoms with Crippen LogP contribution >= 0.6 is 12.6 Å². The molecule has 0 saturated heterocycles. The second kappa shape index (κ2) is 5.06. The Balaban J connectivity index is 2.83. The molecule has 0 aliphatic rings. The van der Waals surface area contributed by atoms with Gasteiger partial charge >= 0.3 is 0 Å². The smallest absolute Gasteiger partial charge is 0.190 e. The summed E-state index contributed by atoms with van der Waals surface area (Å²) < 4.78 is 24.0. The van der Waals surface area contributed by atoms with Gasteiger partial charge in [-0.2, -0.15) is 12.6 Å². The van der Waals surface area contributed by atoms with Gasteiger partial charge in [0.15, 0.2) is 9.84 Å². The summed E-state index contributed by atoms with van der Waals surface area (Å²) in [6.07, 6.45) is 0. The Kier molecular flexibility index (Phi) is 3.78. The molecule has 1 unspecified atom stereocenters. The molecule has 2 aromatic rings. The lowest BCUT2D eigenvalue weighted by Gasteiger charge is -2.17. The Labute approximate surface area is 119 Å². The average Bonchev–Trinajstić information content (AvgIpc) is 2.36. The highest BCUT2D eigenvalue weighted by Crippen LogP contribution is 2.32. The van der Waals surface area contributed by atoms with Crippen LogP contribution in [-0.4, -0.2) is 27.1 Å². The van der Waals surface area contributed by atoms with Crippen molar-refractivity contribution in [3.63, 3.8) is 0 Å². The summed E-state index contributed by atoms with van der Waals surface area (Å²) in [6, 6.07) is 11.0. The molecule has 5 heteroatoms. The highest BCUT2D eigenvalue weighted by atomic mass is 32.2. The van der Waals surface area contributed by atoms with Crippen LogP contribution in [0.1, 0.15) is 6.92 Å². The molecule has 0 fully saturated rings. The molecule has 0 spiro atoms. The SMILES string of the molecule is CC(S)S(=O)(=O)c1cccc2c(N(C)C)cccc12. The Morgan fingerprint density at radius 2 is 1.63 bits per heavy atom. The molecule has 0 aliphatic carbocycles. The Hall–Kier alpha value is -1.20. The van der Waals surface area contributed by atoms with Crippen LogP contribution in [-0.2, 0) is 9.84 Å². The summed E-state index contributed by atoms with van der Waals surface area (Å²) in [5.74, 6) is 0. The van der Waals surface area contributed by atoms with Gasteiger partial charge in [0, 0.05) is 30.6 Å². The van der Waals surface area contributed by atoms with Gasteiger partial charge in [0.25, 0.3) is 0 Å². The summed E-state index contributed by atoms with van der Waals surface area (Å²) in [5, 5.41) is 1.68. The van der Waals surface area contributed by atoms with Crippen LogP contribution in [0, 0.1) is 0 Å². The quantitative estimate of drug-likeness (QED) is 0.885. The van der Waals surface area contributed by atoms with E-state index in [0.29, 0.717) is 4.90 Å². The van der Waals surface area contributed by atoms with E-state index in [9.17, 15) is 8.42 Å². The van der Waals surface area contributed by atoms with E-state index in [2.05, 4.69) is 12.6 Å². The zero-order valence-electron chi connectivity index (χ0n) is 11.2. The third kappa shape index (κ3) is 2.44. The second-order valence-corrected chi connectivity index (χ2v) is 8.03. The fourth-order valence-electron chi connectivity index (χ4n) is 2.09. The standard InChI is InChI=1S/C14H17NO2S2/c1-10(18)19(16,17)14-9-5-6-11-12(14)7-4-8-13(11)15(2)3/h4-10,18H,1-3H3. The Morgan fingerprint density at radius 1 is 1.05 bits per heavy atom. The molecule has 2 rings (SSSR count). The number of rotatable bonds is 3. The van der Waals surface area contributed by atoms with E-state index in [0.717, 1.165) is 16.5 Å². The third-order valence-corrected chi connectivity index (χ3v) is 5.80. The van der Waals surface area contributed by atoms with Crippen molar-refractivity contribution in [2.24, 2.45) is 0 Å². The van der Waals surface area contributed by atoms with Crippen molar-refractivity contribution in [1.29, 1.82) is 0 Å². The predicted octanol–water partition coefficient (Wildman–Crippen LogP) is 2.96. The van der Waals surface area contributed by atoms with Gasteiger partial charge in [-0.25, -0.2) is 8.42 Å². The van der Waals surface area contributed by atoms with E-state index in [1.165, 1.54) is 0 Å². The average molecular weight is 295 g/mol. The first-order valence-electron chi connectivity index (χ1n) is 5.96. The minimum Gasteiger partial charge on any atom is -0.377 e. The molecule has 3 nitrogen and oxygen atoms in total. The molecule has 19 heavy (non-hydrogen) atoms. The van der Waals surface area contributed by atoms with Gasteiger partial charge in [-0.3, -0.25) is 0 Å². The molecule has 1 atom stereocenters. The van der Waals surface area contributed by atoms with Crippen molar-refractivity contribution in [3.8, 4) is 0 Å². The van der Waals surface area contributed by atoms with Gasteiger partial charge in [-0.15, -0.1) is 0 Å². The molecule has 0 heterocycles. The highest BCUT2D eigenvalue weighted by Gasteiger charge is 2.22. The van der Waals surface area contributed by atoms with E-state index in [1.54, 1.807) is 19.1 Å². The first kappa shape index (κ1) is 14.2. The number of sulfone groups is 1. The maximum atomic E-state index is 12.3. The van der Waals surface area contributed by atoms with Gasteiger partial charge in [0.2, 0.25) is 0 Å². The number of anilines is 1.